The second-order valence-electron chi connectivity index (χ2n) is 6.12. The van der Waals surface area contributed by atoms with Crippen LogP contribution in [0.4, 0.5) is 14.5 Å². The van der Waals surface area contributed by atoms with Crippen molar-refractivity contribution in [2.45, 2.75) is 10.1 Å². The molecule has 1 atom stereocenters. The lowest BCUT2D eigenvalue weighted by molar-refractivity contribution is -0.123. The Kier molecular flexibility index (Phi) is 6.97. The molecule has 0 aliphatic carbocycles. The molecule has 0 aliphatic rings. The minimum Gasteiger partial charge on any atom is -0.346 e. The van der Waals surface area contributed by atoms with Gasteiger partial charge in [0.15, 0.2) is 11.6 Å². The third-order valence-electron chi connectivity index (χ3n) is 3.96. The fourth-order valence-corrected chi connectivity index (χ4v) is 3.65. The summed E-state index contributed by atoms with van der Waals surface area (Å²) in [5.74, 6) is -2.93. The molecule has 0 saturated carbocycles. The molecule has 0 aliphatic heterocycles. The first kappa shape index (κ1) is 20.5. The van der Waals surface area contributed by atoms with Crippen molar-refractivity contribution in [3.05, 3.63) is 96.1 Å². The second kappa shape index (κ2) is 9.84. The number of carbonyl (C=O) groups excluding carboxylic acids is 2. The van der Waals surface area contributed by atoms with Gasteiger partial charge in [0, 0.05) is 16.6 Å². The number of benzene rings is 3. The topological polar surface area (TPSA) is 58.2 Å². The van der Waals surface area contributed by atoms with Crippen LogP contribution in [0.1, 0.15) is 10.8 Å². The van der Waals surface area contributed by atoms with Crippen molar-refractivity contribution in [1.29, 1.82) is 0 Å². The maximum absolute atomic E-state index is 13.2. The van der Waals surface area contributed by atoms with Gasteiger partial charge in [0.05, 0.1) is 6.54 Å². The predicted molar refractivity (Wildman–Crippen MR) is 109 cm³/mol. The molecule has 7 heteroatoms. The number of anilines is 1. The predicted octanol–water partition coefficient (Wildman–Crippen LogP) is 4.55. The van der Waals surface area contributed by atoms with Gasteiger partial charge in [-0.1, -0.05) is 48.5 Å². The van der Waals surface area contributed by atoms with Crippen molar-refractivity contribution in [3.63, 3.8) is 0 Å². The van der Waals surface area contributed by atoms with E-state index in [0.29, 0.717) is 0 Å². The van der Waals surface area contributed by atoms with E-state index in [-0.39, 0.29) is 18.1 Å². The van der Waals surface area contributed by atoms with E-state index in [9.17, 15) is 18.4 Å². The van der Waals surface area contributed by atoms with Crippen molar-refractivity contribution in [2.75, 3.05) is 11.9 Å². The Morgan fingerprint density at radius 1 is 0.862 bits per heavy atom. The zero-order valence-electron chi connectivity index (χ0n) is 15.3. The minimum atomic E-state index is -1.06. The summed E-state index contributed by atoms with van der Waals surface area (Å²) in [6, 6.07) is 21.8. The summed E-state index contributed by atoms with van der Waals surface area (Å²) in [6.07, 6.45) is 0. The fraction of sp³-hybridized carbons (Fsp3) is 0.0909. The first-order valence-corrected chi connectivity index (χ1v) is 9.70. The molecule has 0 fully saturated rings. The van der Waals surface area contributed by atoms with Gasteiger partial charge in [-0.2, -0.15) is 0 Å². The van der Waals surface area contributed by atoms with Crippen LogP contribution in [0.5, 0.6) is 0 Å². The summed E-state index contributed by atoms with van der Waals surface area (Å²) in [5.41, 5.74) is 0.918. The number of hydrogen-bond donors (Lipinski definition) is 2. The number of rotatable bonds is 7. The lowest BCUT2D eigenvalue weighted by Crippen LogP contribution is -2.35. The van der Waals surface area contributed by atoms with E-state index in [2.05, 4.69) is 10.6 Å². The molecule has 3 aromatic carbocycles. The highest BCUT2D eigenvalue weighted by Gasteiger charge is 2.22. The highest BCUT2D eigenvalue weighted by molar-refractivity contribution is 8.00. The maximum Gasteiger partial charge on any atom is 0.243 e. The molecule has 3 rings (SSSR count). The van der Waals surface area contributed by atoms with Crippen LogP contribution in [0, 0.1) is 11.6 Å². The summed E-state index contributed by atoms with van der Waals surface area (Å²) < 4.78 is 26.2. The minimum absolute atomic E-state index is 0.112. The number of hydrogen-bond acceptors (Lipinski definition) is 3. The Hall–Kier alpha value is -3.19. The van der Waals surface area contributed by atoms with Crippen LogP contribution in [0.25, 0.3) is 0 Å². The Bertz CT molecular complexity index is 985. The van der Waals surface area contributed by atoms with Gasteiger partial charge in [0.2, 0.25) is 11.8 Å². The van der Waals surface area contributed by atoms with Gasteiger partial charge in [-0.05, 0) is 29.8 Å². The summed E-state index contributed by atoms with van der Waals surface area (Å²) >= 11 is 1.37. The van der Waals surface area contributed by atoms with Gasteiger partial charge in [-0.3, -0.25) is 9.59 Å². The monoisotopic (exact) mass is 412 g/mol. The van der Waals surface area contributed by atoms with E-state index in [1.807, 2.05) is 60.7 Å². The van der Waals surface area contributed by atoms with Crippen molar-refractivity contribution >= 4 is 29.3 Å². The van der Waals surface area contributed by atoms with Crippen LogP contribution in [-0.2, 0) is 9.59 Å². The van der Waals surface area contributed by atoms with Crippen LogP contribution < -0.4 is 10.6 Å². The average Bonchev–Trinajstić information content (AvgIpc) is 2.74. The molecule has 0 spiro atoms. The molecule has 2 amide bonds. The highest BCUT2D eigenvalue weighted by Crippen LogP contribution is 2.35. The van der Waals surface area contributed by atoms with Gasteiger partial charge in [-0.15, -0.1) is 11.8 Å². The Morgan fingerprint density at radius 3 is 2.17 bits per heavy atom. The maximum atomic E-state index is 13.2. The number of amides is 2. The van der Waals surface area contributed by atoms with Gasteiger partial charge < -0.3 is 10.6 Å². The summed E-state index contributed by atoms with van der Waals surface area (Å²) in [4.78, 5) is 25.8. The molecular weight excluding hydrogens is 394 g/mol. The van der Waals surface area contributed by atoms with Crippen LogP contribution >= 0.6 is 11.8 Å². The normalized spacial score (nSPS) is 11.5. The standard InChI is InChI=1S/C22H18F2N2O2S/c23-18-12-11-16(13-19(18)24)26-20(27)14-25-22(28)21(15-7-3-1-4-8-15)29-17-9-5-2-6-10-17/h1-13,21H,14H2,(H,25,28)(H,26,27)/t21-/m0/s1. The van der Waals surface area contributed by atoms with E-state index >= 15 is 0 Å². The van der Waals surface area contributed by atoms with E-state index in [4.69, 9.17) is 0 Å². The molecule has 0 heterocycles. The van der Waals surface area contributed by atoms with Gasteiger partial charge in [-0.25, -0.2) is 8.78 Å². The molecule has 0 bridgehead atoms. The van der Waals surface area contributed by atoms with Gasteiger partial charge in [0.1, 0.15) is 5.25 Å². The molecule has 2 N–H and O–H groups in total. The molecule has 0 saturated heterocycles. The Labute approximate surface area is 171 Å². The van der Waals surface area contributed by atoms with Crippen molar-refractivity contribution in [1.82, 2.24) is 5.32 Å². The third-order valence-corrected chi connectivity index (χ3v) is 5.23. The molecule has 0 aromatic heterocycles. The van der Waals surface area contributed by atoms with E-state index < -0.39 is 22.8 Å². The summed E-state index contributed by atoms with van der Waals surface area (Å²) in [6.45, 7) is -0.295. The van der Waals surface area contributed by atoms with E-state index in [1.54, 1.807) is 0 Å². The van der Waals surface area contributed by atoms with Crippen molar-refractivity contribution < 1.29 is 18.4 Å². The van der Waals surface area contributed by atoms with Gasteiger partial charge >= 0.3 is 0 Å². The third kappa shape index (κ3) is 5.89. The molecule has 3 aromatic rings. The lowest BCUT2D eigenvalue weighted by Gasteiger charge is -2.17. The smallest absolute Gasteiger partial charge is 0.243 e. The van der Waals surface area contributed by atoms with Crippen LogP contribution in [-0.4, -0.2) is 18.4 Å². The largest absolute Gasteiger partial charge is 0.346 e. The molecule has 0 radical (unpaired) electrons. The Morgan fingerprint density at radius 2 is 1.52 bits per heavy atom. The molecule has 29 heavy (non-hydrogen) atoms. The SMILES string of the molecule is O=C(CNC(=O)[C@@H](Sc1ccccc1)c1ccccc1)Nc1ccc(F)c(F)c1. The second-order valence-corrected chi connectivity index (χ2v) is 7.30. The van der Waals surface area contributed by atoms with Crippen molar-refractivity contribution in [3.8, 4) is 0 Å². The quantitative estimate of drug-likeness (QED) is 0.560. The van der Waals surface area contributed by atoms with Crippen LogP contribution in [0.3, 0.4) is 0 Å². The zero-order chi connectivity index (χ0) is 20.6. The van der Waals surface area contributed by atoms with E-state index in [1.165, 1.54) is 17.8 Å². The Balaban J connectivity index is 1.64. The number of halogens is 2. The first-order valence-electron chi connectivity index (χ1n) is 8.82. The highest BCUT2D eigenvalue weighted by atomic mass is 32.2. The molecule has 148 valence electrons. The van der Waals surface area contributed by atoms with Gasteiger partial charge in [0.25, 0.3) is 0 Å². The summed E-state index contributed by atoms with van der Waals surface area (Å²) in [7, 11) is 0. The number of carbonyl (C=O) groups is 2. The fourth-order valence-electron chi connectivity index (χ4n) is 2.58. The molecular formula is C22H18F2N2O2S. The number of thioether (sulfide) groups is 1. The number of nitrogens with one attached hydrogen (secondary N) is 2. The molecule has 0 unspecified atom stereocenters. The van der Waals surface area contributed by atoms with Crippen molar-refractivity contribution in [2.24, 2.45) is 0 Å². The molecule has 4 nitrogen and oxygen atoms in total. The van der Waals surface area contributed by atoms with E-state index in [0.717, 1.165) is 22.6 Å². The lowest BCUT2D eigenvalue weighted by atomic mass is 10.1. The first-order chi connectivity index (χ1) is 14.0. The average molecular weight is 412 g/mol. The van der Waals surface area contributed by atoms with Crippen LogP contribution in [0.15, 0.2) is 83.8 Å². The summed E-state index contributed by atoms with van der Waals surface area (Å²) in [5, 5.41) is 4.49. The zero-order valence-corrected chi connectivity index (χ0v) is 16.1. The van der Waals surface area contributed by atoms with Crippen LogP contribution in [0.2, 0.25) is 0 Å².